The van der Waals surface area contributed by atoms with Crippen molar-refractivity contribution < 1.29 is 13.9 Å². The molecule has 3 heteroatoms. The molecule has 1 aromatic heterocycles. The monoisotopic (exact) mass is 280 g/mol. The highest BCUT2D eigenvalue weighted by Gasteiger charge is 2.03. The number of rotatable bonds is 4. The Hall–Kier alpha value is -2.68. The Morgan fingerprint density at radius 3 is 2.43 bits per heavy atom. The Kier molecular flexibility index (Phi) is 3.65. The molecule has 0 bridgehead atoms. The predicted octanol–water partition coefficient (Wildman–Crippen LogP) is 4.62. The van der Waals surface area contributed by atoms with Crippen LogP contribution in [0.3, 0.4) is 0 Å². The van der Waals surface area contributed by atoms with Gasteiger partial charge in [0.1, 0.15) is 11.3 Å². The molecule has 3 nitrogen and oxygen atoms in total. The minimum atomic E-state index is 0.712. The molecule has 0 spiro atoms. The lowest BCUT2D eigenvalue weighted by Gasteiger charge is -2.07. The molecular weight excluding hydrogens is 264 g/mol. The quantitative estimate of drug-likeness (QED) is 0.698. The molecule has 21 heavy (non-hydrogen) atoms. The van der Waals surface area contributed by atoms with Crippen molar-refractivity contribution in [3.8, 4) is 11.5 Å². The first-order valence-corrected chi connectivity index (χ1v) is 6.69. The van der Waals surface area contributed by atoms with Crippen LogP contribution in [0.1, 0.15) is 11.3 Å². The van der Waals surface area contributed by atoms with Crippen molar-refractivity contribution in [3.63, 3.8) is 0 Å². The van der Waals surface area contributed by atoms with Crippen LogP contribution in [-0.4, -0.2) is 14.2 Å². The first-order valence-electron chi connectivity index (χ1n) is 6.69. The van der Waals surface area contributed by atoms with Gasteiger partial charge >= 0.3 is 0 Å². The number of ether oxygens (including phenoxy) is 2. The molecule has 3 rings (SSSR count). The van der Waals surface area contributed by atoms with E-state index >= 15 is 0 Å². The van der Waals surface area contributed by atoms with Crippen LogP contribution in [0.25, 0.3) is 23.1 Å². The second kappa shape index (κ2) is 5.75. The third-order valence-electron chi connectivity index (χ3n) is 3.29. The first kappa shape index (κ1) is 13.3. The minimum Gasteiger partial charge on any atom is -0.493 e. The highest BCUT2D eigenvalue weighted by atomic mass is 16.5. The number of benzene rings is 2. The van der Waals surface area contributed by atoms with Crippen LogP contribution in [0.2, 0.25) is 0 Å². The van der Waals surface area contributed by atoms with E-state index in [1.807, 2.05) is 60.7 Å². The van der Waals surface area contributed by atoms with Gasteiger partial charge in [-0.2, -0.15) is 0 Å². The topological polar surface area (TPSA) is 31.6 Å². The standard InChI is InChI=1S/C18H16O3/c1-19-17-10-8-13(11-18(17)20-2)7-9-15-12-14-5-3-4-6-16(14)21-15/h3-12H,1-2H3/b9-7+. The van der Waals surface area contributed by atoms with Crippen LogP contribution < -0.4 is 9.47 Å². The van der Waals surface area contributed by atoms with Gasteiger partial charge in [-0.1, -0.05) is 30.3 Å². The van der Waals surface area contributed by atoms with Gasteiger partial charge in [0.2, 0.25) is 0 Å². The molecule has 0 aliphatic heterocycles. The highest BCUT2D eigenvalue weighted by Crippen LogP contribution is 2.28. The van der Waals surface area contributed by atoms with E-state index in [1.165, 1.54) is 0 Å². The zero-order chi connectivity index (χ0) is 14.7. The van der Waals surface area contributed by atoms with Crippen molar-refractivity contribution in [3.05, 3.63) is 59.9 Å². The normalized spacial score (nSPS) is 11.1. The second-order valence-corrected chi connectivity index (χ2v) is 4.63. The van der Waals surface area contributed by atoms with E-state index in [4.69, 9.17) is 13.9 Å². The molecule has 3 aromatic rings. The molecule has 0 saturated carbocycles. The molecule has 2 aromatic carbocycles. The maximum atomic E-state index is 5.75. The van der Waals surface area contributed by atoms with Crippen molar-refractivity contribution in [2.45, 2.75) is 0 Å². The van der Waals surface area contributed by atoms with Gasteiger partial charge in [-0.3, -0.25) is 0 Å². The van der Waals surface area contributed by atoms with Crippen LogP contribution >= 0.6 is 0 Å². The molecule has 0 radical (unpaired) electrons. The number of hydrogen-bond acceptors (Lipinski definition) is 3. The third kappa shape index (κ3) is 2.77. The van der Waals surface area contributed by atoms with Gasteiger partial charge in [-0.15, -0.1) is 0 Å². The van der Waals surface area contributed by atoms with E-state index in [1.54, 1.807) is 14.2 Å². The summed E-state index contributed by atoms with van der Waals surface area (Å²) in [6.45, 7) is 0. The summed E-state index contributed by atoms with van der Waals surface area (Å²) in [4.78, 5) is 0. The van der Waals surface area contributed by atoms with Gasteiger partial charge in [0.15, 0.2) is 11.5 Å². The number of furan rings is 1. The third-order valence-corrected chi connectivity index (χ3v) is 3.29. The molecular formula is C18H16O3. The zero-order valence-corrected chi connectivity index (χ0v) is 12.0. The van der Waals surface area contributed by atoms with E-state index in [2.05, 4.69) is 0 Å². The van der Waals surface area contributed by atoms with E-state index < -0.39 is 0 Å². The Labute approximate surface area is 123 Å². The molecule has 1 heterocycles. The zero-order valence-electron chi connectivity index (χ0n) is 12.0. The van der Waals surface area contributed by atoms with Gasteiger partial charge < -0.3 is 13.9 Å². The Morgan fingerprint density at radius 1 is 0.857 bits per heavy atom. The average molecular weight is 280 g/mol. The second-order valence-electron chi connectivity index (χ2n) is 4.63. The average Bonchev–Trinajstić information content (AvgIpc) is 2.95. The van der Waals surface area contributed by atoms with Crippen LogP contribution in [0, 0.1) is 0 Å². The summed E-state index contributed by atoms with van der Waals surface area (Å²) >= 11 is 0. The summed E-state index contributed by atoms with van der Waals surface area (Å²) in [5, 5.41) is 1.10. The van der Waals surface area contributed by atoms with Crippen LogP contribution in [0.4, 0.5) is 0 Å². The minimum absolute atomic E-state index is 0.712. The van der Waals surface area contributed by atoms with Gasteiger partial charge in [-0.25, -0.2) is 0 Å². The van der Waals surface area contributed by atoms with E-state index in [9.17, 15) is 0 Å². The van der Waals surface area contributed by atoms with Crippen LogP contribution in [-0.2, 0) is 0 Å². The van der Waals surface area contributed by atoms with Crippen LogP contribution in [0.5, 0.6) is 11.5 Å². The molecule has 0 fully saturated rings. The van der Waals surface area contributed by atoms with Crippen molar-refractivity contribution in [1.29, 1.82) is 0 Å². The summed E-state index contributed by atoms with van der Waals surface area (Å²) in [6, 6.07) is 15.8. The highest BCUT2D eigenvalue weighted by molar-refractivity contribution is 5.81. The summed E-state index contributed by atoms with van der Waals surface area (Å²) in [6.07, 6.45) is 3.93. The summed E-state index contributed by atoms with van der Waals surface area (Å²) < 4.78 is 16.3. The largest absolute Gasteiger partial charge is 0.493 e. The lowest BCUT2D eigenvalue weighted by molar-refractivity contribution is 0.355. The summed E-state index contributed by atoms with van der Waals surface area (Å²) in [5.41, 5.74) is 1.91. The van der Waals surface area contributed by atoms with E-state index in [-0.39, 0.29) is 0 Å². The molecule has 0 saturated heterocycles. The molecule has 0 N–H and O–H groups in total. The lowest BCUT2D eigenvalue weighted by atomic mass is 10.1. The SMILES string of the molecule is COc1ccc(/C=C/c2cc3ccccc3o2)cc1OC. The van der Waals surface area contributed by atoms with Crippen molar-refractivity contribution >= 4 is 23.1 Å². The predicted molar refractivity (Wildman–Crippen MR) is 84.7 cm³/mol. The number of hydrogen-bond donors (Lipinski definition) is 0. The summed E-state index contributed by atoms with van der Waals surface area (Å²) in [7, 11) is 3.26. The fourth-order valence-electron chi connectivity index (χ4n) is 2.22. The van der Waals surface area contributed by atoms with Gasteiger partial charge in [0, 0.05) is 5.39 Å². The number of methoxy groups -OCH3 is 2. The smallest absolute Gasteiger partial charge is 0.161 e. The Bertz CT molecular complexity index is 751. The van der Waals surface area contributed by atoms with Gasteiger partial charge in [0.25, 0.3) is 0 Å². The molecule has 0 aliphatic rings. The molecule has 0 unspecified atom stereocenters. The molecule has 0 atom stereocenters. The number of para-hydroxylation sites is 1. The fraction of sp³-hybridized carbons (Fsp3) is 0.111. The molecule has 0 aliphatic carbocycles. The molecule has 106 valence electrons. The Balaban J connectivity index is 1.88. The van der Waals surface area contributed by atoms with Crippen molar-refractivity contribution in [2.75, 3.05) is 14.2 Å². The van der Waals surface area contributed by atoms with Gasteiger partial charge in [0.05, 0.1) is 14.2 Å². The van der Waals surface area contributed by atoms with Gasteiger partial charge in [-0.05, 0) is 35.9 Å². The summed E-state index contributed by atoms with van der Waals surface area (Å²) in [5.74, 6) is 2.26. The van der Waals surface area contributed by atoms with Crippen LogP contribution in [0.15, 0.2) is 52.9 Å². The number of fused-ring (bicyclic) bond motifs is 1. The van der Waals surface area contributed by atoms with Crippen molar-refractivity contribution in [1.82, 2.24) is 0 Å². The first-order chi connectivity index (χ1) is 10.3. The maximum absolute atomic E-state index is 5.75. The maximum Gasteiger partial charge on any atom is 0.161 e. The van der Waals surface area contributed by atoms with E-state index in [0.29, 0.717) is 5.75 Å². The lowest BCUT2D eigenvalue weighted by Crippen LogP contribution is -1.90. The van der Waals surface area contributed by atoms with E-state index in [0.717, 1.165) is 28.0 Å². The molecule has 0 amide bonds. The Morgan fingerprint density at radius 2 is 1.67 bits per heavy atom. The fourth-order valence-corrected chi connectivity index (χ4v) is 2.22. The van der Waals surface area contributed by atoms with Crippen molar-refractivity contribution in [2.24, 2.45) is 0 Å².